The number of nitrogens with one attached hydrogen (secondary N) is 1. The number of aromatic nitrogens is 6. The summed E-state index contributed by atoms with van der Waals surface area (Å²) in [4.78, 5) is 16.0. The Hall–Kier alpha value is -2.02. The van der Waals surface area contributed by atoms with Gasteiger partial charge in [0.1, 0.15) is 12.7 Å². The highest BCUT2D eigenvalue weighted by Gasteiger charge is 2.09. The monoisotopic (exact) mass is 265 g/mol. The highest BCUT2D eigenvalue weighted by molar-refractivity contribution is 6.28. The minimum absolute atomic E-state index is 0.101. The molecule has 8 heteroatoms. The summed E-state index contributed by atoms with van der Waals surface area (Å²) >= 11 is 5.84. The molecule has 2 aromatic heterocycles. The summed E-state index contributed by atoms with van der Waals surface area (Å²) in [6.45, 7) is 5.67. The summed E-state index contributed by atoms with van der Waals surface area (Å²) in [6, 6.07) is 0.157. The van der Waals surface area contributed by atoms with Crippen molar-refractivity contribution in [2.45, 2.75) is 19.4 Å². The lowest BCUT2D eigenvalue weighted by Crippen LogP contribution is -2.17. The normalized spacial score (nSPS) is 12.1. The van der Waals surface area contributed by atoms with Crippen molar-refractivity contribution in [3.05, 3.63) is 30.6 Å². The van der Waals surface area contributed by atoms with Gasteiger partial charge in [-0.15, -0.1) is 6.58 Å². The van der Waals surface area contributed by atoms with Crippen molar-refractivity contribution in [2.24, 2.45) is 0 Å². The number of hydrogen-bond donors (Lipinski definition) is 1. The highest BCUT2D eigenvalue weighted by atomic mass is 35.5. The summed E-state index contributed by atoms with van der Waals surface area (Å²) in [5, 5.41) is 7.14. The standard InChI is InChI=1S/C10H12ClN7/c1-3-4-7(2)14-9-15-8(11)16-10(17-9)18-6-12-5-13-18/h3,5-7H,1,4H2,2H3,(H,14,15,16,17). The van der Waals surface area contributed by atoms with Gasteiger partial charge >= 0.3 is 0 Å². The maximum absolute atomic E-state index is 5.84. The van der Waals surface area contributed by atoms with Gasteiger partial charge in [-0.2, -0.15) is 24.7 Å². The van der Waals surface area contributed by atoms with E-state index in [2.05, 4.69) is 36.9 Å². The predicted octanol–water partition coefficient (Wildman–Crippen LogP) is 1.48. The van der Waals surface area contributed by atoms with Crippen molar-refractivity contribution in [3.8, 4) is 5.95 Å². The average Bonchev–Trinajstić information content (AvgIpc) is 2.81. The number of hydrogen-bond acceptors (Lipinski definition) is 6. The molecule has 0 radical (unpaired) electrons. The van der Waals surface area contributed by atoms with Crippen LogP contribution in [0.3, 0.4) is 0 Å². The van der Waals surface area contributed by atoms with Crippen molar-refractivity contribution in [3.63, 3.8) is 0 Å². The van der Waals surface area contributed by atoms with Gasteiger partial charge in [0.15, 0.2) is 0 Å². The first kappa shape index (κ1) is 12.4. The first-order valence-electron chi connectivity index (χ1n) is 5.33. The molecule has 0 spiro atoms. The van der Waals surface area contributed by atoms with Crippen molar-refractivity contribution in [2.75, 3.05) is 5.32 Å². The smallest absolute Gasteiger partial charge is 0.258 e. The molecule has 2 rings (SSSR count). The molecular weight excluding hydrogens is 254 g/mol. The Kier molecular flexibility index (Phi) is 3.83. The Bertz CT molecular complexity index is 525. The SMILES string of the molecule is C=CCC(C)Nc1nc(Cl)nc(-n2cncn2)n1. The Morgan fingerprint density at radius 1 is 1.50 bits per heavy atom. The van der Waals surface area contributed by atoms with E-state index in [9.17, 15) is 0 Å². The molecule has 2 aromatic rings. The van der Waals surface area contributed by atoms with Crippen LogP contribution in [0.15, 0.2) is 25.3 Å². The second-order valence-electron chi connectivity index (χ2n) is 3.64. The van der Waals surface area contributed by atoms with Crippen molar-refractivity contribution < 1.29 is 0 Å². The van der Waals surface area contributed by atoms with E-state index in [-0.39, 0.29) is 11.3 Å². The summed E-state index contributed by atoms with van der Waals surface area (Å²) in [6.07, 6.45) is 5.49. The summed E-state index contributed by atoms with van der Waals surface area (Å²) in [5.74, 6) is 0.718. The number of anilines is 1. The van der Waals surface area contributed by atoms with Gasteiger partial charge in [-0.3, -0.25) is 0 Å². The zero-order valence-electron chi connectivity index (χ0n) is 9.78. The second kappa shape index (κ2) is 5.54. The van der Waals surface area contributed by atoms with Crippen molar-refractivity contribution >= 4 is 17.5 Å². The molecule has 0 amide bonds. The maximum atomic E-state index is 5.84. The molecule has 0 aliphatic rings. The average molecular weight is 266 g/mol. The van der Waals surface area contributed by atoms with Crippen LogP contribution in [0.4, 0.5) is 5.95 Å². The third kappa shape index (κ3) is 3.01. The molecule has 1 unspecified atom stereocenters. The Morgan fingerprint density at radius 2 is 2.33 bits per heavy atom. The van der Waals surface area contributed by atoms with Crippen molar-refractivity contribution in [1.29, 1.82) is 0 Å². The fourth-order valence-electron chi connectivity index (χ4n) is 1.35. The van der Waals surface area contributed by atoms with Gasteiger partial charge in [-0.1, -0.05) is 6.08 Å². The molecule has 2 heterocycles. The first-order chi connectivity index (χ1) is 8.69. The molecular formula is C10H12ClN7. The van der Waals surface area contributed by atoms with Gasteiger partial charge in [0.05, 0.1) is 0 Å². The topological polar surface area (TPSA) is 81.4 Å². The number of rotatable bonds is 5. The molecule has 1 atom stereocenters. The van der Waals surface area contributed by atoms with Crippen LogP contribution in [-0.4, -0.2) is 35.8 Å². The van der Waals surface area contributed by atoms with Crippen molar-refractivity contribution in [1.82, 2.24) is 29.7 Å². The van der Waals surface area contributed by atoms with Gasteiger partial charge < -0.3 is 5.32 Å². The molecule has 0 saturated carbocycles. The fraction of sp³-hybridized carbons (Fsp3) is 0.300. The van der Waals surface area contributed by atoms with E-state index in [0.717, 1.165) is 6.42 Å². The molecule has 1 N–H and O–H groups in total. The summed E-state index contributed by atoms with van der Waals surface area (Å²) < 4.78 is 1.41. The third-order valence-corrected chi connectivity index (χ3v) is 2.28. The van der Waals surface area contributed by atoms with E-state index >= 15 is 0 Å². The minimum atomic E-state index is 0.101. The Balaban J connectivity index is 2.24. The molecule has 0 saturated heterocycles. The van der Waals surface area contributed by atoms with Gasteiger partial charge in [0.25, 0.3) is 5.95 Å². The molecule has 18 heavy (non-hydrogen) atoms. The van der Waals surface area contributed by atoms with E-state index in [1.807, 2.05) is 13.0 Å². The van der Waals surface area contributed by atoms with E-state index in [0.29, 0.717) is 11.9 Å². The lowest BCUT2D eigenvalue weighted by molar-refractivity contribution is 0.766. The predicted molar refractivity (Wildman–Crippen MR) is 67.7 cm³/mol. The van der Waals surface area contributed by atoms with Gasteiger partial charge in [-0.25, -0.2) is 4.98 Å². The van der Waals surface area contributed by atoms with E-state index in [4.69, 9.17) is 11.6 Å². The van der Waals surface area contributed by atoms with Crippen LogP contribution in [0, 0.1) is 0 Å². The molecule has 0 aliphatic heterocycles. The maximum Gasteiger partial charge on any atom is 0.258 e. The molecule has 0 aliphatic carbocycles. The number of halogens is 1. The largest absolute Gasteiger partial charge is 0.351 e. The zero-order chi connectivity index (χ0) is 13.0. The quantitative estimate of drug-likeness (QED) is 0.825. The van der Waals surface area contributed by atoms with Crippen LogP contribution in [0.2, 0.25) is 5.28 Å². The van der Waals surface area contributed by atoms with Crippen LogP contribution in [-0.2, 0) is 0 Å². The Labute approximate surface area is 109 Å². The lowest BCUT2D eigenvalue weighted by atomic mass is 10.2. The zero-order valence-corrected chi connectivity index (χ0v) is 10.5. The van der Waals surface area contributed by atoms with Crippen LogP contribution in [0.25, 0.3) is 5.95 Å². The fourth-order valence-corrected chi connectivity index (χ4v) is 1.50. The van der Waals surface area contributed by atoms with Gasteiger partial charge in [-0.05, 0) is 24.9 Å². The van der Waals surface area contributed by atoms with E-state index < -0.39 is 0 Å². The first-order valence-corrected chi connectivity index (χ1v) is 5.71. The molecule has 94 valence electrons. The van der Waals surface area contributed by atoms with Gasteiger partial charge in [0, 0.05) is 6.04 Å². The molecule has 0 fully saturated rings. The van der Waals surface area contributed by atoms with Crippen LogP contribution in [0.1, 0.15) is 13.3 Å². The van der Waals surface area contributed by atoms with E-state index in [1.165, 1.54) is 17.3 Å². The van der Waals surface area contributed by atoms with Crippen LogP contribution < -0.4 is 5.32 Å². The molecule has 7 nitrogen and oxygen atoms in total. The number of nitrogens with zero attached hydrogens (tertiary/aromatic N) is 6. The lowest BCUT2D eigenvalue weighted by Gasteiger charge is -2.11. The molecule has 0 bridgehead atoms. The van der Waals surface area contributed by atoms with Gasteiger partial charge in [0.2, 0.25) is 11.2 Å². The molecule has 0 aromatic carbocycles. The van der Waals surface area contributed by atoms with Crippen LogP contribution in [0.5, 0.6) is 0 Å². The Morgan fingerprint density at radius 3 is 3.00 bits per heavy atom. The third-order valence-electron chi connectivity index (χ3n) is 2.12. The summed E-state index contributed by atoms with van der Waals surface area (Å²) in [7, 11) is 0. The summed E-state index contributed by atoms with van der Waals surface area (Å²) in [5.41, 5.74) is 0. The highest BCUT2D eigenvalue weighted by Crippen LogP contribution is 2.10. The minimum Gasteiger partial charge on any atom is -0.351 e. The van der Waals surface area contributed by atoms with Crippen LogP contribution >= 0.6 is 11.6 Å². The second-order valence-corrected chi connectivity index (χ2v) is 3.98. The van der Waals surface area contributed by atoms with E-state index in [1.54, 1.807) is 0 Å².